The lowest BCUT2D eigenvalue weighted by Gasteiger charge is -2.26. The van der Waals surface area contributed by atoms with Crippen LogP contribution in [0.15, 0.2) is 42.5 Å². The highest BCUT2D eigenvalue weighted by Crippen LogP contribution is 2.54. The highest BCUT2D eigenvalue weighted by atomic mass is 19.4. The number of carboxylic acid groups (broad SMARTS) is 1. The molecule has 9 heteroatoms. The molecule has 4 N–H and O–H groups in total. The Morgan fingerprint density at radius 2 is 1.71 bits per heavy atom. The fourth-order valence-electron chi connectivity index (χ4n) is 3.35. The van der Waals surface area contributed by atoms with Crippen molar-refractivity contribution >= 4 is 11.9 Å². The van der Waals surface area contributed by atoms with Gasteiger partial charge < -0.3 is 15.9 Å². The summed E-state index contributed by atoms with van der Waals surface area (Å²) >= 11 is 0. The van der Waals surface area contributed by atoms with Gasteiger partial charge in [-0.1, -0.05) is 11.8 Å². The summed E-state index contributed by atoms with van der Waals surface area (Å²) in [5.41, 5.74) is 0.657. The van der Waals surface area contributed by atoms with E-state index in [-0.39, 0.29) is 29.5 Å². The lowest BCUT2D eigenvalue weighted by Crippen LogP contribution is -2.45. The van der Waals surface area contributed by atoms with Crippen molar-refractivity contribution < 1.29 is 37.4 Å². The molecule has 0 heterocycles. The molecule has 0 saturated heterocycles. The number of nitrogens with two attached hydrogens (primary N) is 1. The van der Waals surface area contributed by atoms with Crippen LogP contribution in [0.1, 0.15) is 46.3 Å². The first kappa shape index (κ1) is 22.3. The minimum atomic E-state index is -4.68. The highest BCUT2D eigenvalue weighted by molar-refractivity contribution is 5.88. The monoisotopic (exact) mass is 435 g/mol. The second-order valence-electron chi connectivity index (χ2n) is 7.51. The van der Waals surface area contributed by atoms with Crippen molar-refractivity contribution in [1.29, 1.82) is 0 Å². The fraction of sp³-hybridized carbons (Fsp3) is 0.273. The second-order valence-corrected chi connectivity index (χ2v) is 7.51. The third kappa shape index (κ3) is 4.70. The maximum absolute atomic E-state index is 14.4. The molecule has 1 fully saturated rings. The largest absolute Gasteiger partial charge is 0.478 e. The van der Waals surface area contributed by atoms with E-state index in [9.17, 15) is 32.3 Å². The van der Waals surface area contributed by atoms with Crippen molar-refractivity contribution in [2.24, 2.45) is 5.73 Å². The van der Waals surface area contributed by atoms with Crippen LogP contribution >= 0.6 is 0 Å². The number of carbonyl (C=O) groups is 2. The smallest absolute Gasteiger partial charge is 0.416 e. The van der Waals surface area contributed by atoms with Crippen molar-refractivity contribution in [3.05, 3.63) is 70.5 Å². The summed E-state index contributed by atoms with van der Waals surface area (Å²) in [6.45, 7) is 0. The molecule has 3 rings (SSSR count). The van der Waals surface area contributed by atoms with Gasteiger partial charge in [-0.2, -0.15) is 13.2 Å². The highest BCUT2D eigenvalue weighted by Gasteiger charge is 2.53. The van der Waals surface area contributed by atoms with Crippen LogP contribution in [0.2, 0.25) is 0 Å². The number of benzene rings is 2. The van der Waals surface area contributed by atoms with E-state index in [1.54, 1.807) is 0 Å². The SMILES string of the molecule is NC(=O)C(O)(C#Cc1ccc(C(=O)O)cc1)CC1(c2cc(C(F)(F)F)ccc2F)CC1. The average Bonchev–Trinajstić information content (AvgIpc) is 3.46. The number of amides is 1. The third-order valence-electron chi connectivity index (χ3n) is 5.27. The van der Waals surface area contributed by atoms with E-state index in [2.05, 4.69) is 11.8 Å². The van der Waals surface area contributed by atoms with E-state index in [4.69, 9.17) is 10.8 Å². The number of primary amides is 1. The zero-order valence-electron chi connectivity index (χ0n) is 16.0. The van der Waals surface area contributed by atoms with Crippen LogP contribution in [0.25, 0.3) is 0 Å². The molecule has 1 unspecified atom stereocenters. The molecule has 0 bridgehead atoms. The van der Waals surface area contributed by atoms with Crippen molar-refractivity contribution in [2.45, 2.75) is 36.5 Å². The van der Waals surface area contributed by atoms with E-state index in [0.29, 0.717) is 18.2 Å². The summed E-state index contributed by atoms with van der Waals surface area (Å²) in [6.07, 6.45) is -4.67. The van der Waals surface area contributed by atoms with Gasteiger partial charge in [0.1, 0.15) is 5.82 Å². The Kier molecular flexibility index (Phi) is 5.54. The van der Waals surface area contributed by atoms with Crippen LogP contribution in [0, 0.1) is 17.7 Å². The van der Waals surface area contributed by atoms with Crippen LogP contribution in [0.4, 0.5) is 17.6 Å². The average molecular weight is 435 g/mol. The van der Waals surface area contributed by atoms with Gasteiger partial charge in [-0.15, -0.1) is 0 Å². The molecule has 1 saturated carbocycles. The van der Waals surface area contributed by atoms with Crippen molar-refractivity contribution in [2.75, 3.05) is 0 Å². The Morgan fingerprint density at radius 3 is 2.19 bits per heavy atom. The van der Waals surface area contributed by atoms with E-state index in [0.717, 1.165) is 0 Å². The Balaban J connectivity index is 1.93. The summed E-state index contributed by atoms with van der Waals surface area (Å²) in [6, 6.07) is 7.27. The van der Waals surface area contributed by atoms with Gasteiger partial charge in [0.2, 0.25) is 5.60 Å². The maximum atomic E-state index is 14.4. The van der Waals surface area contributed by atoms with E-state index >= 15 is 0 Å². The molecule has 0 aromatic heterocycles. The Hall–Kier alpha value is -3.38. The summed E-state index contributed by atoms with van der Waals surface area (Å²) in [7, 11) is 0. The lowest BCUT2D eigenvalue weighted by molar-refractivity contribution is -0.137. The fourth-order valence-corrected chi connectivity index (χ4v) is 3.35. The Morgan fingerprint density at radius 1 is 1.10 bits per heavy atom. The number of aromatic carboxylic acids is 1. The standard InChI is InChI=1S/C22H17F4NO4/c23-17-6-5-15(22(24,25)26)11-16(17)20(9-10-20)12-21(31,19(27)30)8-7-13-1-3-14(4-2-13)18(28)29/h1-6,11,31H,9-10,12H2,(H2,27,30)(H,28,29). The molecular formula is C22H17F4NO4. The normalized spacial score (nSPS) is 16.5. The predicted molar refractivity (Wildman–Crippen MR) is 101 cm³/mol. The number of halogens is 4. The molecule has 31 heavy (non-hydrogen) atoms. The van der Waals surface area contributed by atoms with Crippen LogP contribution in [-0.4, -0.2) is 27.7 Å². The summed E-state index contributed by atoms with van der Waals surface area (Å²) in [4.78, 5) is 22.8. The molecule has 1 amide bonds. The van der Waals surface area contributed by atoms with Crippen molar-refractivity contribution in [3.63, 3.8) is 0 Å². The number of aliphatic hydroxyl groups is 1. The second kappa shape index (κ2) is 7.71. The van der Waals surface area contributed by atoms with E-state index < -0.39 is 46.9 Å². The van der Waals surface area contributed by atoms with Crippen LogP contribution < -0.4 is 5.73 Å². The number of carbonyl (C=O) groups excluding carboxylic acids is 1. The zero-order valence-corrected chi connectivity index (χ0v) is 16.0. The third-order valence-corrected chi connectivity index (χ3v) is 5.27. The Labute approximate surface area is 174 Å². The zero-order chi connectivity index (χ0) is 23.0. The van der Waals surface area contributed by atoms with Crippen LogP contribution in [-0.2, 0) is 16.4 Å². The number of alkyl halides is 3. The van der Waals surface area contributed by atoms with Gasteiger partial charge in [0.05, 0.1) is 11.1 Å². The van der Waals surface area contributed by atoms with Crippen LogP contribution in [0.5, 0.6) is 0 Å². The number of hydrogen-bond donors (Lipinski definition) is 3. The predicted octanol–water partition coefficient (Wildman–Crippen LogP) is 3.23. The first-order valence-corrected chi connectivity index (χ1v) is 9.12. The summed E-state index contributed by atoms with van der Waals surface area (Å²) in [5.74, 6) is 1.60. The molecule has 2 aromatic carbocycles. The number of hydrogen-bond acceptors (Lipinski definition) is 3. The molecule has 2 aromatic rings. The molecule has 162 valence electrons. The molecule has 0 radical (unpaired) electrons. The lowest BCUT2D eigenvalue weighted by atomic mass is 9.82. The Bertz CT molecular complexity index is 1100. The van der Waals surface area contributed by atoms with Crippen molar-refractivity contribution in [1.82, 2.24) is 0 Å². The van der Waals surface area contributed by atoms with Gasteiger partial charge >= 0.3 is 12.1 Å². The summed E-state index contributed by atoms with van der Waals surface area (Å²) in [5, 5.41) is 19.7. The van der Waals surface area contributed by atoms with Crippen molar-refractivity contribution in [3.8, 4) is 11.8 Å². The minimum Gasteiger partial charge on any atom is -0.478 e. The van der Waals surface area contributed by atoms with Gasteiger partial charge in [0.25, 0.3) is 5.91 Å². The maximum Gasteiger partial charge on any atom is 0.416 e. The van der Waals surface area contributed by atoms with E-state index in [1.165, 1.54) is 24.3 Å². The quantitative estimate of drug-likeness (QED) is 0.496. The first-order valence-electron chi connectivity index (χ1n) is 9.12. The molecular weight excluding hydrogens is 418 g/mol. The molecule has 1 aliphatic carbocycles. The number of rotatable bonds is 5. The van der Waals surface area contributed by atoms with Gasteiger partial charge in [-0.3, -0.25) is 4.79 Å². The van der Waals surface area contributed by atoms with Gasteiger partial charge in [0, 0.05) is 17.4 Å². The van der Waals surface area contributed by atoms with E-state index in [1.807, 2.05) is 0 Å². The summed E-state index contributed by atoms with van der Waals surface area (Å²) < 4.78 is 53.5. The molecule has 1 aliphatic rings. The van der Waals surface area contributed by atoms with Gasteiger partial charge in [0.15, 0.2) is 0 Å². The molecule has 0 aliphatic heterocycles. The molecule has 1 atom stereocenters. The number of carboxylic acids is 1. The molecule has 5 nitrogen and oxygen atoms in total. The van der Waals surface area contributed by atoms with Crippen LogP contribution in [0.3, 0.4) is 0 Å². The first-order chi connectivity index (χ1) is 14.4. The minimum absolute atomic E-state index is 0.00710. The van der Waals surface area contributed by atoms with Gasteiger partial charge in [-0.05, 0) is 60.9 Å². The topological polar surface area (TPSA) is 101 Å². The van der Waals surface area contributed by atoms with Gasteiger partial charge in [-0.25, -0.2) is 9.18 Å². The molecule has 0 spiro atoms.